The smallest absolute Gasteiger partial charge is 0.0688 e. The molecule has 1 aliphatic rings. The molecule has 0 saturated heterocycles. The van der Waals surface area contributed by atoms with Crippen LogP contribution in [0.1, 0.15) is 44.6 Å². The van der Waals surface area contributed by atoms with Crippen molar-refractivity contribution in [2.24, 2.45) is 5.92 Å². The van der Waals surface area contributed by atoms with E-state index in [4.69, 9.17) is 11.6 Å². The average Bonchev–Trinajstić information content (AvgIpc) is 2.45. The lowest BCUT2D eigenvalue weighted by Gasteiger charge is -2.27. The van der Waals surface area contributed by atoms with Crippen molar-refractivity contribution in [2.75, 3.05) is 0 Å². The Hall–Kier alpha value is -0.530. The zero-order chi connectivity index (χ0) is 12.3. The molecule has 0 heterocycles. The second-order valence-corrected chi connectivity index (χ2v) is 5.94. The monoisotopic (exact) mass is 252 g/mol. The van der Waals surface area contributed by atoms with Crippen LogP contribution in [0.2, 0.25) is 5.02 Å². The molecule has 0 radical (unpaired) electrons. The van der Waals surface area contributed by atoms with E-state index in [0.717, 1.165) is 42.2 Å². The molecule has 0 aliphatic heterocycles. The maximum absolute atomic E-state index is 10.7. The first-order chi connectivity index (χ1) is 8.09. The van der Waals surface area contributed by atoms with Crippen LogP contribution >= 0.6 is 11.6 Å². The average molecular weight is 253 g/mol. The molecule has 1 aromatic rings. The van der Waals surface area contributed by atoms with Crippen molar-refractivity contribution in [3.63, 3.8) is 0 Å². The van der Waals surface area contributed by atoms with Gasteiger partial charge in [0.2, 0.25) is 0 Å². The van der Waals surface area contributed by atoms with Gasteiger partial charge in [-0.25, -0.2) is 0 Å². The fourth-order valence-electron chi connectivity index (χ4n) is 2.74. The Morgan fingerprint density at radius 3 is 2.82 bits per heavy atom. The SMILES string of the molecule is CC1CCCC(O)(Cc2ccccc2Cl)CC1. The first kappa shape index (κ1) is 12.9. The van der Waals surface area contributed by atoms with E-state index in [1.165, 1.54) is 6.42 Å². The number of hydrogen-bond acceptors (Lipinski definition) is 1. The molecule has 0 amide bonds. The predicted octanol–water partition coefficient (Wildman–Crippen LogP) is 4.21. The highest BCUT2D eigenvalue weighted by Gasteiger charge is 2.30. The van der Waals surface area contributed by atoms with Crippen molar-refractivity contribution in [2.45, 2.75) is 51.0 Å². The molecule has 0 spiro atoms. The summed E-state index contributed by atoms with van der Waals surface area (Å²) in [5.74, 6) is 0.746. The number of aliphatic hydroxyl groups is 1. The predicted molar refractivity (Wildman–Crippen MR) is 72.4 cm³/mol. The molecule has 17 heavy (non-hydrogen) atoms. The number of rotatable bonds is 2. The third kappa shape index (κ3) is 3.46. The molecule has 1 aliphatic carbocycles. The molecule has 1 saturated carbocycles. The summed E-state index contributed by atoms with van der Waals surface area (Å²) in [6.07, 6.45) is 6.00. The standard InChI is InChI=1S/C15H21ClO/c1-12-5-4-9-15(17,10-8-12)11-13-6-2-3-7-14(13)16/h2-3,6-7,12,17H,4-5,8-11H2,1H3. The molecule has 0 bridgehead atoms. The molecule has 1 aromatic carbocycles. The fraction of sp³-hybridized carbons (Fsp3) is 0.600. The molecular formula is C15H21ClO. The van der Waals surface area contributed by atoms with E-state index in [0.29, 0.717) is 6.42 Å². The highest BCUT2D eigenvalue weighted by Crippen LogP contribution is 2.34. The van der Waals surface area contributed by atoms with E-state index in [1.807, 2.05) is 24.3 Å². The van der Waals surface area contributed by atoms with Gasteiger partial charge in [0.15, 0.2) is 0 Å². The first-order valence-electron chi connectivity index (χ1n) is 6.55. The molecule has 2 unspecified atom stereocenters. The van der Waals surface area contributed by atoms with Gasteiger partial charge in [-0.2, -0.15) is 0 Å². The van der Waals surface area contributed by atoms with Gasteiger partial charge < -0.3 is 5.11 Å². The molecule has 1 fully saturated rings. The summed E-state index contributed by atoms with van der Waals surface area (Å²) in [6.45, 7) is 2.28. The molecule has 1 N–H and O–H groups in total. The lowest BCUT2D eigenvalue weighted by molar-refractivity contribution is 0.0244. The van der Waals surface area contributed by atoms with Crippen LogP contribution in [0.5, 0.6) is 0 Å². The fourth-order valence-corrected chi connectivity index (χ4v) is 2.94. The Labute approximate surface area is 109 Å². The normalized spacial score (nSPS) is 29.9. The van der Waals surface area contributed by atoms with Crippen LogP contribution in [-0.4, -0.2) is 10.7 Å². The second kappa shape index (κ2) is 5.41. The van der Waals surface area contributed by atoms with Crippen molar-refractivity contribution in [1.82, 2.24) is 0 Å². The van der Waals surface area contributed by atoms with Gasteiger partial charge in [0, 0.05) is 11.4 Å². The van der Waals surface area contributed by atoms with Gasteiger partial charge >= 0.3 is 0 Å². The van der Waals surface area contributed by atoms with Crippen LogP contribution in [-0.2, 0) is 6.42 Å². The van der Waals surface area contributed by atoms with Gasteiger partial charge in [-0.05, 0) is 36.8 Å². The van der Waals surface area contributed by atoms with Gasteiger partial charge in [-0.3, -0.25) is 0 Å². The Morgan fingerprint density at radius 2 is 2.06 bits per heavy atom. The van der Waals surface area contributed by atoms with Crippen LogP contribution in [0.25, 0.3) is 0 Å². The molecule has 2 heteroatoms. The van der Waals surface area contributed by atoms with Gasteiger partial charge in [0.25, 0.3) is 0 Å². The number of hydrogen-bond donors (Lipinski definition) is 1. The van der Waals surface area contributed by atoms with Crippen LogP contribution in [0.15, 0.2) is 24.3 Å². The van der Waals surface area contributed by atoms with Crippen LogP contribution in [0.3, 0.4) is 0 Å². The number of benzene rings is 1. The summed E-state index contributed by atoms with van der Waals surface area (Å²) < 4.78 is 0. The quantitative estimate of drug-likeness (QED) is 0.782. The highest BCUT2D eigenvalue weighted by atomic mass is 35.5. The second-order valence-electron chi connectivity index (χ2n) is 5.53. The van der Waals surface area contributed by atoms with E-state index < -0.39 is 5.60 Å². The zero-order valence-electron chi connectivity index (χ0n) is 10.5. The van der Waals surface area contributed by atoms with Crippen molar-refractivity contribution >= 4 is 11.6 Å². The summed E-state index contributed by atoms with van der Waals surface area (Å²) in [5.41, 5.74) is 0.529. The van der Waals surface area contributed by atoms with E-state index in [1.54, 1.807) is 0 Å². The topological polar surface area (TPSA) is 20.2 Å². The third-order valence-electron chi connectivity index (χ3n) is 3.92. The van der Waals surface area contributed by atoms with Crippen molar-refractivity contribution in [1.29, 1.82) is 0 Å². The Balaban J connectivity index is 2.09. The van der Waals surface area contributed by atoms with Crippen molar-refractivity contribution in [3.8, 4) is 0 Å². The number of halogens is 1. The summed E-state index contributed by atoms with van der Waals surface area (Å²) in [6, 6.07) is 7.85. The lowest BCUT2D eigenvalue weighted by Crippen LogP contribution is -2.30. The van der Waals surface area contributed by atoms with Gasteiger partial charge in [-0.1, -0.05) is 49.6 Å². The van der Waals surface area contributed by atoms with Crippen LogP contribution in [0, 0.1) is 5.92 Å². The Morgan fingerprint density at radius 1 is 1.29 bits per heavy atom. The molecule has 2 rings (SSSR count). The third-order valence-corrected chi connectivity index (χ3v) is 4.29. The Bertz CT molecular complexity index is 377. The van der Waals surface area contributed by atoms with Crippen LogP contribution in [0.4, 0.5) is 0 Å². The minimum Gasteiger partial charge on any atom is -0.390 e. The molecule has 1 nitrogen and oxygen atoms in total. The van der Waals surface area contributed by atoms with E-state index in [9.17, 15) is 5.11 Å². The molecule has 0 aromatic heterocycles. The summed E-state index contributed by atoms with van der Waals surface area (Å²) in [5, 5.41) is 11.5. The first-order valence-corrected chi connectivity index (χ1v) is 6.93. The Kier molecular flexibility index (Phi) is 4.11. The summed E-state index contributed by atoms with van der Waals surface area (Å²) >= 11 is 6.16. The molecule has 94 valence electrons. The minimum atomic E-state index is -0.546. The van der Waals surface area contributed by atoms with E-state index in [-0.39, 0.29) is 0 Å². The van der Waals surface area contributed by atoms with Gasteiger partial charge in [-0.15, -0.1) is 0 Å². The van der Waals surface area contributed by atoms with E-state index in [2.05, 4.69) is 6.92 Å². The maximum atomic E-state index is 10.7. The molecule has 2 atom stereocenters. The molecular weight excluding hydrogens is 232 g/mol. The van der Waals surface area contributed by atoms with Gasteiger partial charge in [0.1, 0.15) is 0 Å². The lowest BCUT2D eigenvalue weighted by atomic mass is 9.87. The van der Waals surface area contributed by atoms with Gasteiger partial charge in [0.05, 0.1) is 5.60 Å². The summed E-state index contributed by atoms with van der Waals surface area (Å²) in [7, 11) is 0. The van der Waals surface area contributed by atoms with Crippen LogP contribution < -0.4 is 0 Å². The van der Waals surface area contributed by atoms with Crippen molar-refractivity contribution in [3.05, 3.63) is 34.9 Å². The largest absolute Gasteiger partial charge is 0.390 e. The highest BCUT2D eigenvalue weighted by molar-refractivity contribution is 6.31. The van der Waals surface area contributed by atoms with Crippen molar-refractivity contribution < 1.29 is 5.11 Å². The maximum Gasteiger partial charge on any atom is 0.0688 e. The zero-order valence-corrected chi connectivity index (χ0v) is 11.2. The minimum absolute atomic E-state index is 0.546. The van der Waals surface area contributed by atoms with E-state index >= 15 is 0 Å². The summed E-state index contributed by atoms with van der Waals surface area (Å²) in [4.78, 5) is 0.